The lowest BCUT2D eigenvalue weighted by atomic mass is 10.1. The molecule has 0 saturated carbocycles. The first-order chi connectivity index (χ1) is 11.3. The number of amides is 1. The first-order valence-electron chi connectivity index (χ1n) is 8.00. The highest BCUT2D eigenvalue weighted by Gasteiger charge is 2.37. The molecule has 3 rings (SSSR count). The first kappa shape index (κ1) is 16.2. The number of benzene rings is 1. The second-order valence-corrected chi connectivity index (χ2v) is 7.07. The fourth-order valence-electron chi connectivity index (χ4n) is 3.05. The predicted octanol–water partition coefficient (Wildman–Crippen LogP) is 1.96. The summed E-state index contributed by atoms with van der Waals surface area (Å²) in [5, 5.41) is 9.36. The van der Waals surface area contributed by atoms with E-state index in [0.717, 1.165) is 5.69 Å². The maximum atomic E-state index is 12.4. The summed E-state index contributed by atoms with van der Waals surface area (Å²) in [7, 11) is 0. The number of nitrogens with zero attached hydrogens (tertiary/aromatic N) is 3. The Morgan fingerprint density at radius 2 is 2.17 bits per heavy atom. The second kappa shape index (κ2) is 5.78. The van der Waals surface area contributed by atoms with Crippen molar-refractivity contribution in [3.8, 4) is 11.8 Å². The summed E-state index contributed by atoms with van der Waals surface area (Å²) < 4.78 is 11.4. The van der Waals surface area contributed by atoms with Gasteiger partial charge in [-0.2, -0.15) is 5.26 Å². The summed E-state index contributed by atoms with van der Waals surface area (Å²) in [4.78, 5) is 16.3. The number of nitrogens with two attached hydrogens (primary N) is 1. The molecule has 2 aliphatic rings. The van der Waals surface area contributed by atoms with Crippen molar-refractivity contribution in [2.75, 3.05) is 36.9 Å². The van der Waals surface area contributed by atoms with E-state index in [-0.39, 0.29) is 12.1 Å². The molecule has 1 atom stereocenters. The zero-order chi connectivity index (χ0) is 17.5. The van der Waals surface area contributed by atoms with Gasteiger partial charge in [-0.3, -0.25) is 4.90 Å². The molecule has 7 nitrogen and oxygen atoms in total. The molecule has 1 aromatic rings. The Bertz CT molecular complexity index is 705. The normalized spacial score (nSPS) is 19.7. The van der Waals surface area contributed by atoms with Gasteiger partial charge in [0.1, 0.15) is 23.8 Å². The van der Waals surface area contributed by atoms with Crippen LogP contribution in [0, 0.1) is 11.3 Å². The topological polar surface area (TPSA) is 91.8 Å². The molecule has 2 heterocycles. The molecule has 2 bridgehead atoms. The molecule has 0 spiro atoms. The monoisotopic (exact) mass is 330 g/mol. The molecule has 1 aromatic carbocycles. The molecular weight excluding hydrogens is 308 g/mol. The van der Waals surface area contributed by atoms with Gasteiger partial charge >= 0.3 is 6.09 Å². The number of nitrogen functional groups attached to an aromatic ring is 1. The summed E-state index contributed by atoms with van der Waals surface area (Å²) >= 11 is 0. The Morgan fingerprint density at radius 3 is 2.83 bits per heavy atom. The third-order valence-electron chi connectivity index (χ3n) is 4.15. The lowest BCUT2D eigenvalue weighted by Crippen LogP contribution is -2.57. The van der Waals surface area contributed by atoms with Crippen LogP contribution in [-0.2, 0) is 4.74 Å². The van der Waals surface area contributed by atoms with Crippen LogP contribution in [0.4, 0.5) is 16.2 Å². The SMILES string of the molecule is CC(C)(C)OC(=O)N1CCN2C[C@H]1COc1c2ccc(N)c1C#N. The van der Waals surface area contributed by atoms with E-state index in [1.807, 2.05) is 26.8 Å². The van der Waals surface area contributed by atoms with Crippen molar-refractivity contribution in [2.45, 2.75) is 32.4 Å². The van der Waals surface area contributed by atoms with Crippen molar-refractivity contribution < 1.29 is 14.3 Å². The van der Waals surface area contributed by atoms with Crippen molar-refractivity contribution in [1.82, 2.24) is 4.90 Å². The number of anilines is 2. The van der Waals surface area contributed by atoms with E-state index in [0.29, 0.717) is 43.2 Å². The van der Waals surface area contributed by atoms with Crippen LogP contribution >= 0.6 is 0 Å². The second-order valence-electron chi connectivity index (χ2n) is 7.07. The highest BCUT2D eigenvalue weighted by atomic mass is 16.6. The van der Waals surface area contributed by atoms with E-state index in [4.69, 9.17) is 15.2 Å². The third-order valence-corrected chi connectivity index (χ3v) is 4.15. The maximum Gasteiger partial charge on any atom is 0.410 e. The molecule has 2 N–H and O–H groups in total. The molecule has 24 heavy (non-hydrogen) atoms. The fraction of sp³-hybridized carbons (Fsp3) is 0.529. The molecule has 0 radical (unpaired) electrons. The zero-order valence-corrected chi connectivity index (χ0v) is 14.2. The van der Waals surface area contributed by atoms with Crippen LogP contribution in [0.3, 0.4) is 0 Å². The van der Waals surface area contributed by atoms with Gasteiger partial charge in [-0.05, 0) is 32.9 Å². The van der Waals surface area contributed by atoms with Crippen molar-refractivity contribution in [2.24, 2.45) is 0 Å². The van der Waals surface area contributed by atoms with E-state index in [1.54, 1.807) is 11.0 Å². The fourth-order valence-corrected chi connectivity index (χ4v) is 3.05. The minimum absolute atomic E-state index is 0.131. The van der Waals surface area contributed by atoms with Gasteiger partial charge < -0.3 is 20.1 Å². The number of fused-ring (bicyclic) bond motifs is 4. The minimum atomic E-state index is -0.537. The van der Waals surface area contributed by atoms with Crippen LogP contribution in [-0.4, -0.2) is 48.9 Å². The third kappa shape index (κ3) is 2.92. The molecule has 0 aromatic heterocycles. The van der Waals surface area contributed by atoms with E-state index in [1.165, 1.54) is 0 Å². The summed E-state index contributed by atoms with van der Waals surface area (Å²) in [6.45, 7) is 7.70. The molecule has 1 saturated heterocycles. The molecule has 128 valence electrons. The molecule has 1 amide bonds. The van der Waals surface area contributed by atoms with Crippen LogP contribution in [0.25, 0.3) is 0 Å². The van der Waals surface area contributed by atoms with Gasteiger partial charge in [0, 0.05) is 19.6 Å². The summed E-state index contributed by atoms with van der Waals surface area (Å²) in [6.07, 6.45) is -0.332. The number of nitriles is 1. The minimum Gasteiger partial charge on any atom is -0.488 e. The lowest BCUT2D eigenvalue weighted by Gasteiger charge is -2.40. The Balaban J connectivity index is 1.86. The van der Waals surface area contributed by atoms with Crippen molar-refractivity contribution in [3.63, 3.8) is 0 Å². The zero-order valence-electron chi connectivity index (χ0n) is 14.2. The number of carbonyl (C=O) groups is 1. The summed E-state index contributed by atoms with van der Waals surface area (Å²) in [5.41, 5.74) is 6.95. The Labute approximate surface area is 141 Å². The number of hydrogen-bond donors (Lipinski definition) is 1. The quantitative estimate of drug-likeness (QED) is 0.731. The number of ether oxygens (including phenoxy) is 2. The van der Waals surface area contributed by atoms with Gasteiger partial charge in [-0.1, -0.05) is 0 Å². The smallest absolute Gasteiger partial charge is 0.410 e. The molecule has 7 heteroatoms. The van der Waals surface area contributed by atoms with Gasteiger partial charge in [-0.25, -0.2) is 4.79 Å². The van der Waals surface area contributed by atoms with Gasteiger partial charge in [0.05, 0.1) is 17.4 Å². The van der Waals surface area contributed by atoms with Crippen LogP contribution in [0.15, 0.2) is 12.1 Å². The standard InChI is InChI=1S/C17H22N4O3/c1-17(2,3)24-16(22)21-7-6-20-9-11(21)10-23-15-12(8-18)13(19)4-5-14(15)20/h4-5,11H,6-7,9-10,19H2,1-3H3/t11-/m0/s1. The van der Waals surface area contributed by atoms with E-state index >= 15 is 0 Å². The van der Waals surface area contributed by atoms with Crippen molar-refractivity contribution >= 4 is 17.5 Å². The lowest BCUT2D eigenvalue weighted by molar-refractivity contribution is 0.00975. The van der Waals surface area contributed by atoms with E-state index in [2.05, 4.69) is 11.0 Å². The average molecular weight is 330 g/mol. The van der Waals surface area contributed by atoms with Crippen LogP contribution < -0.4 is 15.4 Å². The number of carbonyl (C=O) groups excluding carboxylic acids is 1. The average Bonchev–Trinajstić information content (AvgIpc) is 2.63. The van der Waals surface area contributed by atoms with Crippen LogP contribution in [0.1, 0.15) is 26.3 Å². The molecular formula is C17H22N4O3. The van der Waals surface area contributed by atoms with Gasteiger partial charge in [0.2, 0.25) is 0 Å². The van der Waals surface area contributed by atoms with Crippen molar-refractivity contribution in [1.29, 1.82) is 5.26 Å². The van der Waals surface area contributed by atoms with Gasteiger partial charge in [0.15, 0.2) is 5.75 Å². The maximum absolute atomic E-state index is 12.4. The van der Waals surface area contributed by atoms with E-state index in [9.17, 15) is 10.1 Å². The largest absolute Gasteiger partial charge is 0.488 e. The molecule has 0 unspecified atom stereocenters. The highest BCUT2D eigenvalue weighted by molar-refractivity contribution is 5.75. The number of hydrogen-bond acceptors (Lipinski definition) is 6. The Morgan fingerprint density at radius 1 is 1.42 bits per heavy atom. The van der Waals surface area contributed by atoms with Crippen LogP contribution in [0.5, 0.6) is 5.75 Å². The first-order valence-corrected chi connectivity index (χ1v) is 8.00. The summed E-state index contributed by atoms with van der Waals surface area (Å²) in [6, 6.07) is 5.58. The molecule has 2 aliphatic heterocycles. The van der Waals surface area contributed by atoms with E-state index < -0.39 is 5.60 Å². The van der Waals surface area contributed by atoms with Gasteiger partial charge in [-0.15, -0.1) is 0 Å². The summed E-state index contributed by atoms with van der Waals surface area (Å²) in [5.74, 6) is 0.506. The molecule has 0 aliphatic carbocycles. The molecule has 1 fully saturated rings. The number of piperazine rings is 1. The predicted molar refractivity (Wildman–Crippen MR) is 90.0 cm³/mol. The number of rotatable bonds is 0. The van der Waals surface area contributed by atoms with Crippen molar-refractivity contribution in [3.05, 3.63) is 17.7 Å². The highest BCUT2D eigenvalue weighted by Crippen LogP contribution is 2.38. The Hall–Kier alpha value is -2.62. The van der Waals surface area contributed by atoms with Crippen LogP contribution in [0.2, 0.25) is 0 Å². The Kier molecular flexibility index (Phi) is 3.91. The van der Waals surface area contributed by atoms with Gasteiger partial charge in [0.25, 0.3) is 0 Å².